The largest absolute Gasteiger partial charge is 0.507 e. The minimum atomic E-state index is 0.336. The van der Waals surface area contributed by atoms with Gasteiger partial charge in [0.25, 0.3) is 0 Å². The maximum Gasteiger partial charge on any atom is 0.122 e. The highest BCUT2D eigenvalue weighted by Crippen LogP contribution is 2.35. The number of phenolic OH excluding ortho intramolecular Hbond substituents is 3. The number of hydrogen-bond acceptors (Lipinski definition) is 3. The Labute approximate surface area is 186 Å². The van der Waals surface area contributed by atoms with Gasteiger partial charge in [-0.1, -0.05) is 31.2 Å². The van der Waals surface area contributed by atoms with Gasteiger partial charge in [-0.2, -0.15) is 0 Å². The summed E-state index contributed by atoms with van der Waals surface area (Å²) in [6, 6.07) is 8.23. The number of benzene rings is 3. The van der Waals surface area contributed by atoms with Gasteiger partial charge in [0.2, 0.25) is 0 Å². The van der Waals surface area contributed by atoms with Gasteiger partial charge in [0, 0.05) is 12.8 Å². The summed E-state index contributed by atoms with van der Waals surface area (Å²) in [5.74, 6) is 1.03. The van der Waals surface area contributed by atoms with Gasteiger partial charge in [0.05, 0.1) is 0 Å². The lowest BCUT2D eigenvalue weighted by atomic mass is 9.89. The van der Waals surface area contributed by atoms with Crippen LogP contribution >= 0.6 is 0 Å². The van der Waals surface area contributed by atoms with E-state index in [9.17, 15) is 15.3 Å². The number of rotatable bonds is 5. The minimum Gasteiger partial charge on any atom is -0.507 e. The van der Waals surface area contributed by atoms with Crippen LogP contribution in [0.5, 0.6) is 17.2 Å². The standard InChI is InChI=1S/C28H34O3/c1-8-21-11-24(13-22-9-15(2)26(29)19(6)17(22)4)28(31)25(12-21)14-23-10-16(3)27(30)20(7)18(23)5/h9-12,29-31H,8,13-14H2,1-7H3. The van der Waals surface area contributed by atoms with Crippen molar-refractivity contribution in [2.75, 3.05) is 0 Å². The van der Waals surface area contributed by atoms with Gasteiger partial charge in [0.15, 0.2) is 0 Å². The molecule has 0 amide bonds. The average molecular weight is 419 g/mol. The molecule has 0 bridgehead atoms. The molecule has 3 aromatic rings. The van der Waals surface area contributed by atoms with Gasteiger partial charge in [0.1, 0.15) is 17.2 Å². The molecular weight excluding hydrogens is 384 g/mol. The Kier molecular flexibility index (Phi) is 6.35. The highest BCUT2D eigenvalue weighted by Gasteiger charge is 2.17. The van der Waals surface area contributed by atoms with Crippen LogP contribution in [0.1, 0.15) is 68.1 Å². The summed E-state index contributed by atoms with van der Waals surface area (Å²) in [7, 11) is 0. The summed E-state index contributed by atoms with van der Waals surface area (Å²) in [6.45, 7) is 13.9. The van der Waals surface area contributed by atoms with E-state index in [0.29, 0.717) is 30.1 Å². The molecule has 3 nitrogen and oxygen atoms in total. The molecule has 0 aliphatic rings. The lowest BCUT2D eigenvalue weighted by Gasteiger charge is -2.18. The second-order valence-corrected chi connectivity index (χ2v) is 8.87. The highest BCUT2D eigenvalue weighted by molar-refractivity contribution is 5.54. The molecule has 0 saturated carbocycles. The van der Waals surface area contributed by atoms with Crippen LogP contribution in [-0.2, 0) is 19.3 Å². The predicted octanol–water partition coefficient (Wildman–Crippen LogP) is 6.40. The molecule has 3 heteroatoms. The fourth-order valence-electron chi connectivity index (χ4n) is 4.39. The first-order chi connectivity index (χ1) is 14.5. The average Bonchev–Trinajstić information content (AvgIpc) is 2.75. The lowest BCUT2D eigenvalue weighted by Crippen LogP contribution is -2.02. The van der Waals surface area contributed by atoms with Gasteiger partial charge in [-0.25, -0.2) is 0 Å². The first kappa shape index (κ1) is 22.7. The molecule has 31 heavy (non-hydrogen) atoms. The minimum absolute atomic E-state index is 0.336. The van der Waals surface area contributed by atoms with E-state index in [1.807, 2.05) is 53.7 Å². The SMILES string of the molecule is CCc1cc(Cc2cc(C)c(O)c(C)c2C)c(O)c(Cc2cc(C)c(O)c(C)c2C)c1. The third-order valence-electron chi connectivity index (χ3n) is 6.82. The van der Waals surface area contributed by atoms with E-state index in [-0.39, 0.29) is 0 Å². The molecule has 0 aliphatic carbocycles. The monoisotopic (exact) mass is 418 g/mol. The Morgan fingerprint density at radius 1 is 0.516 bits per heavy atom. The zero-order chi connectivity index (χ0) is 23.0. The van der Waals surface area contributed by atoms with Gasteiger partial charge >= 0.3 is 0 Å². The van der Waals surface area contributed by atoms with E-state index in [1.165, 1.54) is 5.56 Å². The van der Waals surface area contributed by atoms with E-state index in [4.69, 9.17) is 0 Å². The fourth-order valence-corrected chi connectivity index (χ4v) is 4.39. The highest BCUT2D eigenvalue weighted by atomic mass is 16.3. The molecule has 0 saturated heterocycles. The summed E-state index contributed by atoms with van der Waals surface area (Å²) in [5, 5.41) is 31.7. The molecule has 0 atom stereocenters. The summed E-state index contributed by atoms with van der Waals surface area (Å²) in [4.78, 5) is 0. The molecule has 0 aliphatic heterocycles. The second kappa shape index (κ2) is 8.66. The predicted molar refractivity (Wildman–Crippen MR) is 128 cm³/mol. The number of aromatic hydroxyl groups is 3. The number of phenols is 3. The van der Waals surface area contributed by atoms with Crippen molar-refractivity contribution in [2.24, 2.45) is 0 Å². The van der Waals surface area contributed by atoms with Crippen molar-refractivity contribution in [3.63, 3.8) is 0 Å². The molecule has 0 aromatic heterocycles. The molecule has 0 fully saturated rings. The second-order valence-electron chi connectivity index (χ2n) is 8.87. The van der Waals surface area contributed by atoms with Gasteiger partial charge < -0.3 is 15.3 Å². The van der Waals surface area contributed by atoms with Crippen molar-refractivity contribution >= 4 is 0 Å². The maximum atomic E-state index is 11.2. The number of hydrogen-bond donors (Lipinski definition) is 3. The quantitative estimate of drug-likeness (QED) is 0.449. The summed E-state index contributed by atoms with van der Waals surface area (Å²) in [5.41, 5.74) is 10.9. The summed E-state index contributed by atoms with van der Waals surface area (Å²) < 4.78 is 0. The molecule has 164 valence electrons. The maximum absolute atomic E-state index is 11.2. The Bertz CT molecular complexity index is 1070. The van der Waals surface area contributed by atoms with E-state index < -0.39 is 0 Å². The van der Waals surface area contributed by atoms with Crippen molar-refractivity contribution in [2.45, 2.75) is 67.7 Å². The van der Waals surface area contributed by atoms with E-state index >= 15 is 0 Å². The molecule has 0 spiro atoms. The Hall–Kier alpha value is -2.94. The zero-order valence-electron chi connectivity index (χ0n) is 19.8. The fraction of sp³-hybridized carbons (Fsp3) is 0.357. The molecule has 0 heterocycles. The number of aryl methyl sites for hydroxylation is 3. The van der Waals surface area contributed by atoms with E-state index in [0.717, 1.165) is 62.1 Å². The topological polar surface area (TPSA) is 60.7 Å². The van der Waals surface area contributed by atoms with Crippen LogP contribution in [0, 0.1) is 41.5 Å². The van der Waals surface area contributed by atoms with Crippen LogP contribution in [0.15, 0.2) is 24.3 Å². The van der Waals surface area contributed by atoms with Crippen LogP contribution < -0.4 is 0 Å². The normalized spacial score (nSPS) is 11.2. The molecule has 0 unspecified atom stereocenters. The van der Waals surface area contributed by atoms with Gasteiger partial charge in [-0.05, 0) is 109 Å². The zero-order valence-corrected chi connectivity index (χ0v) is 19.8. The van der Waals surface area contributed by atoms with Gasteiger partial charge in [-0.3, -0.25) is 0 Å². The molecular formula is C28H34O3. The van der Waals surface area contributed by atoms with Crippen LogP contribution in [0.2, 0.25) is 0 Å². The first-order valence-corrected chi connectivity index (χ1v) is 11.0. The smallest absolute Gasteiger partial charge is 0.122 e. The van der Waals surface area contributed by atoms with Crippen molar-refractivity contribution < 1.29 is 15.3 Å². The van der Waals surface area contributed by atoms with Crippen molar-refractivity contribution in [1.82, 2.24) is 0 Å². The molecule has 3 rings (SSSR count). The van der Waals surface area contributed by atoms with Crippen LogP contribution in [0.4, 0.5) is 0 Å². The van der Waals surface area contributed by atoms with Crippen LogP contribution in [0.25, 0.3) is 0 Å². The lowest BCUT2D eigenvalue weighted by molar-refractivity contribution is 0.462. The van der Waals surface area contributed by atoms with Crippen molar-refractivity contribution in [1.29, 1.82) is 0 Å². The summed E-state index contributed by atoms with van der Waals surface area (Å²) >= 11 is 0. The summed E-state index contributed by atoms with van der Waals surface area (Å²) in [6.07, 6.45) is 2.12. The first-order valence-electron chi connectivity index (χ1n) is 11.0. The molecule has 3 N–H and O–H groups in total. The van der Waals surface area contributed by atoms with Crippen molar-refractivity contribution in [3.05, 3.63) is 85.5 Å². The van der Waals surface area contributed by atoms with Crippen LogP contribution in [-0.4, -0.2) is 15.3 Å². The third kappa shape index (κ3) is 4.27. The molecule has 3 aromatic carbocycles. The Morgan fingerprint density at radius 3 is 1.26 bits per heavy atom. The van der Waals surface area contributed by atoms with E-state index in [2.05, 4.69) is 19.1 Å². The third-order valence-corrected chi connectivity index (χ3v) is 6.82. The molecule has 0 radical (unpaired) electrons. The Balaban J connectivity index is 2.07. The van der Waals surface area contributed by atoms with E-state index in [1.54, 1.807) is 0 Å². The van der Waals surface area contributed by atoms with Crippen LogP contribution in [0.3, 0.4) is 0 Å². The Morgan fingerprint density at radius 2 is 0.903 bits per heavy atom. The van der Waals surface area contributed by atoms with Crippen molar-refractivity contribution in [3.8, 4) is 17.2 Å². The van der Waals surface area contributed by atoms with Gasteiger partial charge in [-0.15, -0.1) is 0 Å².